The lowest BCUT2D eigenvalue weighted by Crippen LogP contribution is -2.35. The van der Waals surface area contributed by atoms with Crippen LogP contribution in [-0.2, 0) is 26.5 Å². The normalized spacial score (nSPS) is 17.4. The number of esters is 2. The van der Waals surface area contributed by atoms with Gasteiger partial charge in [0, 0.05) is 29.7 Å². The van der Waals surface area contributed by atoms with Crippen molar-refractivity contribution in [3.05, 3.63) is 81.9 Å². The Morgan fingerprint density at radius 1 is 1.06 bits per heavy atom. The van der Waals surface area contributed by atoms with Crippen LogP contribution in [0.2, 0.25) is 0 Å². The first kappa shape index (κ1) is 20.4. The summed E-state index contributed by atoms with van der Waals surface area (Å²) in [5.41, 5.74) is -0.793. The van der Waals surface area contributed by atoms with E-state index >= 15 is 0 Å². The quantitative estimate of drug-likeness (QED) is 0.514. The number of carboxylic acids is 1. The molecule has 3 aromatic rings. The number of aromatic hydroxyl groups is 2. The molecular formula is C24H16O9. The van der Waals surface area contributed by atoms with Gasteiger partial charge < -0.3 is 29.5 Å². The Labute approximate surface area is 186 Å². The van der Waals surface area contributed by atoms with Crippen molar-refractivity contribution >= 4 is 17.9 Å². The Bertz CT molecular complexity index is 1370. The van der Waals surface area contributed by atoms with E-state index in [1.54, 1.807) is 24.3 Å². The number of benzene rings is 3. The van der Waals surface area contributed by atoms with Gasteiger partial charge in [0.15, 0.2) is 11.4 Å². The van der Waals surface area contributed by atoms with Crippen molar-refractivity contribution in [1.29, 1.82) is 0 Å². The van der Waals surface area contributed by atoms with Crippen molar-refractivity contribution in [2.24, 2.45) is 0 Å². The third-order valence-corrected chi connectivity index (χ3v) is 5.66. The van der Waals surface area contributed by atoms with Gasteiger partial charge in [0.1, 0.15) is 29.4 Å². The summed E-state index contributed by atoms with van der Waals surface area (Å²) < 4.78 is 17.0. The Morgan fingerprint density at radius 2 is 1.82 bits per heavy atom. The first-order chi connectivity index (χ1) is 15.7. The van der Waals surface area contributed by atoms with E-state index in [0.29, 0.717) is 11.1 Å². The van der Waals surface area contributed by atoms with E-state index in [1.165, 1.54) is 31.2 Å². The maximum Gasteiger partial charge on any atom is 0.343 e. The zero-order chi connectivity index (χ0) is 23.5. The smallest absolute Gasteiger partial charge is 0.343 e. The van der Waals surface area contributed by atoms with Gasteiger partial charge in [-0.1, -0.05) is 18.2 Å². The predicted octanol–water partition coefficient (Wildman–Crippen LogP) is 3.43. The molecule has 9 nitrogen and oxygen atoms in total. The van der Waals surface area contributed by atoms with Crippen LogP contribution in [0.4, 0.5) is 0 Å². The van der Waals surface area contributed by atoms with E-state index in [4.69, 9.17) is 14.2 Å². The van der Waals surface area contributed by atoms with E-state index in [0.717, 1.165) is 0 Å². The second-order valence-corrected chi connectivity index (χ2v) is 7.62. The average Bonchev–Trinajstić information content (AvgIpc) is 3.04. The lowest BCUT2D eigenvalue weighted by atomic mass is 9.75. The number of fused-ring (bicyclic) bond motifs is 6. The summed E-state index contributed by atoms with van der Waals surface area (Å²) in [6.45, 7) is 0.958. The molecular weight excluding hydrogens is 432 g/mol. The number of carbonyl (C=O) groups is 3. The van der Waals surface area contributed by atoms with Gasteiger partial charge in [-0.05, 0) is 24.3 Å². The van der Waals surface area contributed by atoms with Crippen LogP contribution in [0.25, 0.3) is 0 Å². The molecule has 1 spiro atoms. The van der Waals surface area contributed by atoms with Gasteiger partial charge in [-0.15, -0.1) is 0 Å². The Kier molecular flexibility index (Phi) is 4.32. The van der Waals surface area contributed by atoms with E-state index in [-0.39, 0.29) is 40.5 Å². The minimum Gasteiger partial charge on any atom is -0.508 e. The molecule has 3 N–H and O–H groups in total. The zero-order valence-corrected chi connectivity index (χ0v) is 17.1. The maximum absolute atomic E-state index is 12.9. The number of hydrogen-bond donors (Lipinski definition) is 3. The number of hydrogen-bond acceptors (Lipinski definition) is 8. The average molecular weight is 448 g/mol. The molecule has 1 atom stereocenters. The Balaban J connectivity index is 1.91. The minimum atomic E-state index is -1.67. The molecule has 0 bridgehead atoms. The summed E-state index contributed by atoms with van der Waals surface area (Å²) in [6, 6.07) is 11.8. The molecule has 9 heteroatoms. The summed E-state index contributed by atoms with van der Waals surface area (Å²) >= 11 is 0. The van der Waals surface area contributed by atoms with Gasteiger partial charge in [-0.3, -0.25) is 4.79 Å². The van der Waals surface area contributed by atoms with E-state index in [2.05, 4.69) is 0 Å². The molecule has 1 unspecified atom stereocenters. The molecule has 0 radical (unpaired) electrons. The van der Waals surface area contributed by atoms with Gasteiger partial charge in [0.25, 0.3) is 0 Å². The minimum absolute atomic E-state index is 0.0118. The second-order valence-electron chi connectivity index (χ2n) is 7.62. The van der Waals surface area contributed by atoms with Crippen LogP contribution in [-0.4, -0.2) is 33.2 Å². The fraction of sp³-hybridized carbons (Fsp3) is 0.125. The first-order valence-corrected chi connectivity index (χ1v) is 9.84. The second kappa shape index (κ2) is 6.99. The van der Waals surface area contributed by atoms with Crippen molar-refractivity contribution in [2.45, 2.75) is 19.1 Å². The summed E-state index contributed by atoms with van der Waals surface area (Å²) in [5.74, 6) is -3.71. The van der Waals surface area contributed by atoms with Crippen LogP contribution in [0, 0.1) is 0 Å². The largest absolute Gasteiger partial charge is 0.508 e. The fourth-order valence-corrected chi connectivity index (χ4v) is 4.44. The molecule has 3 aromatic carbocycles. The number of carbonyl (C=O) groups excluding carboxylic acids is 2. The van der Waals surface area contributed by atoms with Crippen LogP contribution in [0.5, 0.6) is 23.0 Å². The van der Waals surface area contributed by atoms with E-state index < -0.39 is 34.8 Å². The highest BCUT2D eigenvalue weighted by Gasteiger charge is 2.55. The SMILES string of the molecule is CC(=O)OCc1cc(O)cc2c1C1(OC(=O)c3ccccc31)c1ccc(O)c(C(=O)O)c1O2. The topological polar surface area (TPSA) is 140 Å². The van der Waals surface area contributed by atoms with Crippen LogP contribution in [0.3, 0.4) is 0 Å². The standard InChI is InChI=1S/C24H16O9/c1-11(25)31-10-12-8-13(26)9-18-20(12)24(15-5-3-2-4-14(15)23(30)33-24)16-6-7-17(27)19(22(28)29)21(16)32-18/h2-9,26-27H,10H2,1H3,(H,28,29). The van der Waals surface area contributed by atoms with Gasteiger partial charge in [0.2, 0.25) is 0 Å². The summed E-state index contributed by atoms with van der Waals surface area (Å²) in [6.07, 6.45) is 0. The Morgan fingerprint density at radius 3 is 2.55 bits per heavy atom. The van der Waals surface area contributed by atoms with Crippen molar-refractivity contribution < 1.29 is 43.9 Å². The summed E-state index contributed by atoms with van der Waals surface area (Å²) in [5, 5.41) is 30.3. The molecule has 0 amide bonds. The highest BCUT2D eigenvalue weighted by atomic mass is 16.6. The molecule has 2 heterocycles. The molecule has 0 fully saturated rings. The molecule has 0 aliphatic carbocycles. The van der Waals surface area contributed by atoms with Crippen LogP contribution >= 0.6 is 0 Å². The fourth-order valence-electron chi connectivity index (χ4n) is 4.44. The predicted molar refractivity (Wildman–Crippen MR) is 110 cm³/mol. The monoisotopic (exact) mass is 448 g/mol. The molecule has 0 aromatic heterocycles. The van der Waals surface area contributed by atoms with Gasteiger partial charge in [0.05, 0.1) is 11.1 Å². The molecule has 0 saturated carbocycles. The molecule has 2 aliphatic rings. The molecule has 33 heavy (non-hydrogen) atoms. The molecule has 0 saturated heterocycles. The van der Waals surface area contributed by atoms with Crippen molar-refractivity contribution in [2.75, 3.05) is 0 Å². The lowest BCUT2D eigenvalue weighted by Gasteiger charge is -2.38. The van der Waals surface area contributed by atoms with Crippen LogP contribution in [0.15, 0.2) is 48.5 Å². The van der Waals surface area contributed by atoms with Crippen molar-refractivity contribution in [1.82, 2.24) is 0 Å². The maximum atomic E-state index is 12.9. The highest BCUT2D eigenvalue weighted by molar-refractivity contribution is 5.99. The van der Waals surface area contributed by atoms with E-state index in [1.807, 2.05) is 0 Å². The lowest BCUT2D eigenvalue weighted by molar-refractivity contribution is -0.142. The number of ether oxygens (including phenoxy) is 3. The number of phenolic OH excluding ortho intramolecular Hbond substituents is 1. The van der Waals surface area contributed by atoms with Crippen LogP contribution in [0.1, 0.15) is 49.9 Å². The van der Waals surface area contributed by atoms with Gasteiger partial charge in [-0.2, -0.15) is 0 Å². The number of rotatable bonds is 3. The molecule has 5 rings (SSSR count). The Hall–Kier alpha value is -4.53. The third kappa shape index (κ3) is 2.82. The third-order valence-electron chi connectivity index (χ3n) is 5.66. The molecule has 166 valence electrons. The van der Waals surface area contributed by atoms with E-state index in [9.17, 15) is 29.7 Å². The summed E-state index contributed by atoms with van der Waals surface area (Å²) in [4.78, 5) is 36.4. The number of phenols is 2. The first-order valence-electron chi connectivity index (χ1n) is 9.84. The van der Waals surface area contributed by atoms with Crippen LogP contribution < -0.4 is 4.74 Å². The number of aromatic carboxylic acids is 1. The highest BCUT2D eigenvalue weighted by Crippen LogP contribution is 2.59. The van der Waals surface area contributed by atoms with Crippen molar-refractivity contribution in [3.63, 3.8) is 0 Å². The molecule has 2 aliphatic heterocycles. The number of carboxylic acid groups (broad SMARTS) is 1. The zero-order valence-electron chi connectivity index (χ0n) is 17.1. The van der Waals surface area contributed by atoms with Crippen molar-refractivity contribution in [3.8, 4) is 23.0 Å². The van der Waals surface area contributed by atoms with Gasteiger partial charge >= 0.3 is 17.9 Å². The summed E-state index contributed by atoms with van der Waals surface area (Å²) in [7, 11) is 0. The van der Waals surface area contributed by atoms with Gasteiger partial charge in [-0.25, -0.2) is 9.59 Å².